The van der Waals surface area contributed by atoms with Gasteiger partial charge in [0.05, 0.1) is 12.5 Å². The third-order valence-corrected chi connectivity index (χ3v) is 2.48. The summed E-state index contributed by atoms with van der Waals surface area (Å²) < 4.78 is 5.39. The summed E-state index contributed by atoms with van der Waals surface area (Å²) in [7, 11) is 0. The number of hydrogen-bond donors (Lipinski definition) is 1. The van der Waals surface area contributed by atoms with E-state index in [0.717, 1.165) is 32.4 Å². The van der Waals surface area contributed by atoms with E-state index in [1.54, 1.807) is 0 Å². The number of ether oxygens (including phenoxy) is 1. The van der Waals surface area contributed by atoms with Gasteiger partial charge in [-0.2, -0.15) is 0 Å². The van der Waals surface area contributed by atoms with Crippen molar-refractivity contribution in [2.75, 3.05) is 13.2 Å². The van der Waals surface area contributed by atoms with Crippen molar-refractivity contribution >= 4 is 5.91 Å². The normalized spacial score (nSPS) is 21.5. The second-order valence-corrected chi connectivity index (χ2v) is 4.37. The standard InChI is InChI=1S/C11H21NO2/c1-9(2)5-6-12-11(13)8-10-4-3-7-14-10/h9-10H,3-8H2,1-2H3,(H,12,13). The van der Waals surface area contributed by atoms with Gasteiger partial charge < -0.3 is 10.1 Å². The van der Waals surface area contributed by atoms with Gasteiger partial charge in [0.2, 0.25) is 5.91 Å². The van der Waals surface area contributed by atoms with Crippen LogP contribution in [0.4, 0.5) is 0 Å². The first-order valence-corrected chi connectivity index (χ1v) is 5.57. The van der Waals surface area contributed by atoms with E-state index in [2.05, 4.69) is 19.2 Å². The molecule has 1 amide bonds. The van der Waals surface area contributed by atoms with Gasteiger partial charge in [-0.25, -0.2) is 0 Å². The zero-order chi connectivity index (χ0) is 10.4. The molecule has 0 aliphatic carbocycles. The highest BCUT2D eigenvalue weighted by Gasteiger charge is 2.18. The number of rotatable bonds is 5. The van der Waals surface area contributed by atoms with E-state index >= 15 is 0 Å². The van der Waals surface area contributed by atoms with Gasteiger partial charge >= 0.3 is 0 Å². The Morgan fingerprint density at radius 3 is 2.93 bits per heavy atom. The molecule has 0 saturated carbocycles. The van der Waals surface area contributed by atoms with Crippen molar-refractivity contribution in [1.29, 1.82) is 0 Å². The zero-order valence-electron chi connectivity index (χ0n) is 9.21. The molecule has 0 aromatic rings. The predicted molar refractivity (Wildman–Crippen MR) is 56.1 cm³/mol. The average Bonchev–Trinajstić information content (AvgIpc) is 2.56. The van der Waals surface area contributed by atoms with Gasteiger partial charge in [-0.3, -0.25) is 4.79 Å². The Bertz CT molecular complexity index is 174. The van der Waals surface area contributed by atoms with Crippen molar-refractivity contribution in [3.63, 3.8) is 0 Å². The van der Waals surface area contributed by atoms with Crippen LogP contribution in [0.2, 0.25) is 0 Å². The monoisotopic (exact) mass is 199 g/mol. The Hall–Kier alpha value is -0.570. The van der Waals surface area contributed by atoms with E-state index in [1.165, 1.54) is 0 Å². The van der Waals surface area contributed by atoms with Crippen LogP contribution in [0, 0.1) is 5.92 Å². The van der Waals surface area contributed by atoms with E-state index in [1.807, 2.05) is 0 Å². The Morgan fingerprint density at radius 1 is 1.57 bits per heavy atom. The first kappa shape index (κ1) is 11.5. The van der Waals surface area contributed by atoms with Gasteiger partial charge in [0.1, 0.15) is 0 Å². The van der Waals surface area contributed by atoms with E-state index in [9.17, 15) is 4.79 Å². The van der Waals surface area contributed by atoms with Gasteiger partial charge in [-0.15, -0.1) is 0 Å². The lowest BCUT2D eigenvalue weighted by atomic mass is 10.1. The quantitative estimate of drug-likeness (QED) is 0.732. The molecule has 1 rings (SSSR count). The molecular formula is C11H21NO2. The van der Waals surface area contributed by atoms with Crippen LogP contribution in [-0.2, 0) is 9.53 Å². The number of carbonyl (C=O) groups excluding carboxylic acids is 1. The molecule has 0 aromatic heterocycles. The minimum Gasteiger partial charge on any atom is -0.378 e. The van der Waals surface area contributed by atoms with Crippen LogP contribution in [0.25, 0.3) is 0 Å². The van der Waals surface area contributed by atoms with E-state index in [0.29, 0.717) is 12.3 Å². The molecule has 1 heterocycles. The smallest absolute Gasteiger partial charge is 0.222 e. The molecule has 0 spiro atoms. The largest absolute Gasteiger partial charge is 0.378 e. The van der Waals surface area contributed by atoms with Gasteiger partial charge in [-0.05, 0) is 25.2 Å². The van der Waals surface area contributed by atoms with E-state index < -0.39 is 0 Å². The molecule has 0 bridgehead atoms. The van der Waals surface area contributed by atoms with Crippen molar-refractivity contribution in [3.8, 4) is 0 Å². The van der Waals surface area contributed by atoms with Crippen LogP contribution in [0.1, 0.15) is 39.5 Å². The van der Waals surface area contributed by atoms with Crippen LogP contribution in [0.3, 0.4) is 0 Å². The maximum atomic E-state index is 11.4. The number of nitrogens with one attached hydrogen (secondary N) is 1. The summed E-state index contributed by atoms with van der Waals surface area (Å²) in [5, 5.41) is 2.92. The van der Waals surface area contributed by atoms with Crippen molar-refractivity contribution in [1.82, 2.24) is 5.32 Å². The third-order valence-electron chi connectivity index (χ3n) is 2.48. The molecule has 1 N–H and O–H groups in total. The second-order valence-electron chi connectivity index (χ2n) is 4.37. The minimum absolute atomic E-state index is 0.137. The molecule has 14 heavy (non-hydrogen) atoms. The van der Waals surface area contributed by atoms with Crippen LogP contribution < -0.4 is 5.32 Å². The molecule has 1 fully saturated rings. The Morgan fingerprint density at radius 2 is 2.36 bits per heavy atom. The Labute approximate surface area is 86.2 Å². The fraction of sp³-hybridized carbons (Fsp3) is 0.909. The first-order valence-electron chi connectivity index (χ1n) is 5.57. The highest BCUT2D eigenvalue weighted by molar-refractivity contribution is 5.76. The lowest BCUT2D eigenvalue weighted by molar-refractivity contribution is -0.123. The van der Waals surface area contributed by atoms with Gasteiger partial charge in [0, 0.05) is 13.2 Å². The molecule has 3 nitrogen and oxygen atoms in total. The predicted octanol–water partition coefficient (Wildman–Crippen LogP) is 1.72. The zero-order valence-corrected chi connectivity index (χ0v) is 9.21. The van der Waals surface area contributed by atoms with E-state index in [-0.39, 0.29) is 12.0 Å². The van der Waals surface area contributed by atoms with E-state index in [4.69, 9.17) is 4.74 Å². The summed E-state index contributed by atoms with van der Waals surface area (Å²) in [5.41, 5.74) is 0. The summed E-state index contributed by atoms with van der Waals surface area (Å²) in [4.78, 5) is 11.4. The molecule has 1 aliphatic heterocycles. The summed E-state index contributed by atoms with van der Waals surface area (Å²) >= 11 is 0. The fourth-order valence-electron chi connectivity index (χ4n) is 1.58. The van der Waals surface area contributed by atoms with Gasteiger partial charge in [0.15, 0.2) is 0 Å². The lowest BCUT2D eigenvalue weighted by Crippen LogP contribution is -2.28. The summed E-state index contributed by atoms with van der Waals surface area (Å²) in [6.07, 6.45) is 3.91. The Kier molecular flexibility index (Phi) is 4.94. The number of carbonyl (C=O) groups is 1. The molecule has 1 aliphatic rings. The second kappa shape index (κ2) is 6.02. The highest BCUT2D eigenvalue weighted by Crippen LogP contribution is 2.14. The SMILES string of the molecule is CC(C)CCNC(=O)CC1CCCO1. The first-order chi connectivity index (χ1) is 6.68. The molecule has 1 unspecified atom stereocenters. The maximum Gasteiger partial charge on any atom is 0.222 e. The minimum atomic E-state index is 0.137. The number of hydrogen-bond acceptors (Lipinski definition) is 2. The summed E-state index contributed by atoms with van der Waals surface area (Å²) in [5.74, 6) is 0.788. The third kappa shape index (κ3) is 4.61. The van der Waals surface area contributed by atoms with Crippen LogP contribution >= 0.6 is 0 Å². The molecule has 0 radical (unpaired) electrons. The molecule has 1 saturated heterocycles. The van der Waals surface area contributed by atoms with Crippen molar-refractivity contribution in [2.45, 2.75) is 45.6 Å². The van der Waals surface area contributed by atoms with Gasteiger partial charge in [0.25, 0.3) is 0 Å². The van der Waals surface area contributed by atoms with Crippen molar-refractivity contribution in [2.24, 2.45) is 5.92 Å². The Balaban J connectivity index is 2.03. The molecule has 1 atom stereocenters. The summed E-state index contributed by atoms with van der Waals surface area (Å²) in [6, 6.07) is 0. The highest BCUT2D eigenvalue weighted by atomic mass is 16.5. The van der Waals surface area contributed by atoms with Crippen LogP contribution in [0.5, 0.6) is 0 Å². The lowest BCUT2D eigenvalue weighted by Gasteiger charge is -2.10. The summed E-state index contributed by atoms with van der Waals surface area (Å²) in [6.45, 7) is 5.94. The number of amides is 1. The van der Waals surface area contributed by atoms with Crippen molar-refractivity contribution < 1.29 is 9.53 Å². The molecular weight excluding hydrogens is 178 g/mol. The average molecular weight is 199 g/mol. The van der Waals surface area contributed by atoms with Crippen LogP contribution in [0.15, 0.2) is 0 Å². The topological polar surface area (TPSA) is 38.3 Å². The fourth-order valence-corrected chi connectivity index (χ4v) is 1.58. The maximum absolute atomic E-state index is 11.4. The molecule has 0 aromatic carbocycles. The molecule has 3 heteroatoms. The van der Waals surface area contributed by atoms with Crippen LogP contribution in [-0.4, -0.2) is 25.2 Å². The van der Waals surface area contributed by atoms with Crippen molar-refractivity contribution in [3.05, 3.63) is 0 Å². The van der Waals surface area contributed by atoms with Gasteiger partial charge in [-0.1, -0.05) is 13.8 Å². The molecule has 82 valence electrons.